The van der Waals surface area contributed by atoms with Crippen LogP contribution in [0.1, 0.15) is 37.0 Å². The van der Waals surface area contributed by atoms with E-state index < -0.39 is 0 Å². The number of amides is 1. The van der Waals surface area contributed by atoms with Gasteiger partial charge in [-0.3, -0.25) is 4.79 Å². The van der Waals surface area contributed by atoms with Gasteiger partial charge >= 0.3 is 0 Å². The highest BCUT2D eigenvalue weighted by atomic mass is 32.1. The molecule has 1 aromatic heterocycles. The third-order valence-corrected chi connectivity index (χ3v) is 3.24. The Hall–Kier alpha value is -0.940. The zero-order valence-electron chi connectivity index (χ0n) is 10.0. The number of aromatic nitrogens is 1. The van der Waals surface area contributed by atoms with Crippen LogP contribution < -0.4 is 10.6 Å². The standard InChI is InChI=1S/C11H19N3OS/c1-4-5-12-6-10(15)14-9(3)11-13-8(2)7-16-11/h7,9,12H,4-6H2,1-3H3,(H,14,15). The molecule has 2 N–H and O–H groups in total. The summed E-state index contributed by atoms with van der Waals surface area (Å²) in [5.74, 6) is 0.0220. The number of nitrogens with zero attached hydrogens (tertiary/aromatic N) is 1. The molecule has 90 valence electrons. The van der Waals surface area contributed by atoms with E-state index in [0.29, 0.717) is 6.54 Å². The first-order valence-corrected chi connectivity index (χ1v) is 6.43. The maximum atomic E-state index is 11.5. The van der Waals surface area contributed by atoms with Crippen molar-refractivity contribution >= 4 is 17.2 Å². The number of carbonyl (C=O) groups is 1. The summed E-state index contributed by atoms with van der Waals surface area (Å²) in [6.45, 7) is 7.24. The van der Waals surface area contributed by atoms with Crippen molar-refractivity contribution in [2.24, 2.45) is 0 Å². The molecule has 16 heavy (non-hydrogen) atoms. The van der Waals surface area contributed by atoms with Gasteiger partial charge in [-0.2, -0.15) is 0 Å². The van der Waals surface area contributed by atoms with E-state index in [-0.39, 0.29) is 11.9 Å². The zero-order valence-corrected chi connectivity index (χ0v) is 10.9. The molecule has 1 amide bonds. The molecule has 0 radical (unpaired) electrons. The van der Waals surface area contributed by atoms with Gasteiger partial charge in [-0.25, -0.2) is 4.98 Å². The maximum absolute atomic E-state index is 11.5. The van der Waals surface area contributed by atoms with E-state index in [0.717, 1.165) is 23.7 Å². The molecule has 1 aromatic rings. The molecule has 0 saturated heterocycles. The molecule has 0 aliphatic carbocycles. The number of nitrogens with one attached hydrogen (secondary N) is 2. The molecular weight excluding hydrogens is 222 g/mol. The lowest BCUT2D eigenvalue weighted by Gasteiger charge is -2.11. The first-order chi connectivity index (χ1) is 7.63. The van der Waals surface area contributed by atoms with Gasteiger partial charge in [-0.15, -0.1) is 11.3 Å². The predicted octanol–water partition coefficient (Wildman–Crippen LogP) is 1.63. The summed E-state index contributed by atoms with van der Waals surface area (Å²) in [5.41, 5.74) is 1.00. The fourth-order valence-corrected chi connectivity index (χ4v) is 2.11. The summed E-state index contributed by atoms with van der Waals surface area (Å²) in [5, 5.41) is 8.94. The fraction of sp³-hybridized carbons (Fsp3) is 0.636. The second kappa shape index (κ2) is 6.60. The number of aryl methyl sites for hydroxylation is 1. The summed E-state index contributed by atoms with van der Waals surface area (Å²) < 4.78 is 0. The lowest BCUT2D eigenvalue weighted by molar-refractivity contribution is -0.120. The summed E-state index contributed by atoms with van der Waals surface area (Å²) in [6, 6.07) is -0.00498. The number of hydrogen-bond donors (Lipinski definition) is 2. The molecule has 0 bridgehead atoms. The van der Waals surface area contributed by atoms with E-state index in [2.05, 4.69) is 22.5 Å². The summed E-state index contributed by atoms with van der Waals surface area (Å²) in [4.78, 5) is 15.9. The second-order valence-corrected chi connectivity index (χ2v) is 4.68. The fourth-order valence-electron chi connectivity index (χ4n) is 1.30. The van der Waals surface area contributed by atoms with E-state index in [4.69, 9.17) is 0 Å². The van der Waals surface area contributed by atoms with Gasteiger partial charge in [0.2, 0.25) is 5.91 Å². The Kier molecular flexibility index (Phi) is 5.42. The predicted molar refractivity (Wildman–Crippen MR) is 66.6 cm³/mol. The monoisotopic (exact) mass is 241 g/mol. The largest absolute Gasteiger partial charge is 0.346 e. The molecule has 1 heterocycles. The quantitative estimate of drug-likeness (QED) is 0.744. The van der Waals surface area contributed by atoms with Crippen molar-refractivity contribution in [3.05, 3.63) is 16.1 Å². The van der Waals surface area contributed by atoms with E-state index in [1.54, 1.807) is 11.3 Å². The van der Waals surface area contributed by atoms with Gasteiger partial charge in [0.05, 0.1) is 12.6 Å². The Morgan fingerprint density at radius 3 is 2.94 bits per heavy atom. The summed E-state index contributed by atoms with van der Waals surface area (Å²) in [7, 11) is 0. The summed E-state index contributed by atoms with van der Waals surface area (Å²) >= 11 is 1.58. The van der Waals surface area contributed by atoms with E-state index in [1.165, 1.54) is 0 Å². The van der Waals surface area contributed by atoms with E-state index >= 15 is 0 Å². The molecule has 1 unspecified atom stereocenters. The maximum Gasteiger partial charge on any atom is 0.234 e. The topological polar surface area (TPSA) is 54.0 Å². The molecule has 1 rings (SSSR count). The molecule has 4 nitrogen and oxygen atoms in total. The van der Waals surface area contributed by atoms with Gasteiger partial charge in [0.1, 0.15) is 5.01 Å². The van der Waals surface area contributed by atoms with E-state index in [1.807, 2.05) is 19.2 Å². The van der Waals surface area contributed by atoms with Gasteiger partial charge in [-0.05, 0) is 26.8 Å². The Morgan fingerprint density at radius 1 is 1.62 bits per heavy atom. The zero-order chi connectivity index (χ0) is 12.0. The highest BCUT2D eigenvalue weighted by Crippen LogP contribution is 2.16. The number of thiazole rings is 1. The Balaban J connectivity index is 2.33. The van der Waals surface area contributed by atoms with Crippen LogP contribution >= 0.6 is 11.3 Å². The van der Waals surface area contributed by atoms with Crippen molar-refractivity contribution in [1.82, 2.24) is 15.6 Å². The van der Waals surface area contributed by atoms with Crippen LogP contribution in [-0.2, 0) is 4.79 Å². The first kappa shape index (κ1) is 13.1. The van der Waals surface area contributed by atoms with Crippen LogP contribution in [0.25, 0.3) is 0 Å². The third-order valence-electron chi connectivity index (χ3n) is 2.10. The molecule has 0 aliphatic rings. The number of hydrogen-bond acceptors (Lipinski definition) is 4. The molecule has 0 fully saturated rings. The van der Waals surface area contributed by atoms with Crippen molar-refractivity contribution < 1.29 is 4.79 Å². The molecular formula is C11H19N3OS. The van der Waals surface area contributed by atoms with Crippen LogP contribution in [0, 0.1) is 6.92 Å². The van der Waals surface area contributed by atoms with Crippen LogP contribution in [0.2, 0.25) is 0 Å². The normalized spacial score (nSPS) is 12.4. The van der Waals surface area contributed by atoms with Crippen molar-refractivity contribution in [2.75, 3.05) is 13.1 Å². The first-order valence-electron chi connectivity index (χ1n) is 5.55. The van der Waals surface area contributed by atoms with Crippen LogP contribution in [0.5, 0.6) is 0 Å². The molecule has 0 aliphatic heterocycles. The molecule has 0 aromatic carbocycles. The number of rotatable bonds is 6. The van der Waals surface area contributed by atoms with Gasteiger partial charge in [-0.1, -0.05) is 6.92 Å². The van der Waals surface area contributed by atoms with Crippen molar-refractivity contribution in [3.63, 3.8) is 0 Å². The molecule has 1 atom stereocenters. The Bertz CT molecular complexity index is 338. The minimum atomic E-state index is -0.00498. The lowest BCUT2D eigenvalue weighted by atomic mass is 10.3. The molecule has 5 heteroatoms. The van der Waals surface area contributed by atoms with Gasteiger partial charge in [0.25, 0.3) is 0 Å². The minimum absolute atomic E-state index is 0.00498. The van der Waals surface area contributed by atoms with Crippen molar-refractivity contribution in [2.45, 2.75) is 33.2 Å². The molecule has 0 spiro atoms. The third kappa shape index (κ3) is 4.28. The van der Waals surface area contributed by atoms with Crippen molar-refractivity contribution in [3.8, 4) is 0 Å². The SMILES string of the molecule is CCCNCC(=O)NC(C)c1nc(C)cs1. The van der Waals surface area contributed by atoms with Crippen LogP contribution in [0.4, 0.5) is 0 Å². The Labute approximate surface area is 100 Å². The van der Waals surface area contributed by atoms with E-state index in [9.17, 15) is 4.79 Å². The van der Waals surface area contributed by atoms with Crippen LogP contribution in [0.15, 0.2) is 5.38 Å². The minimum Gasteiger partial charge on any atom is -0.346 e. The highest BCUT2D eigenvalue weighted by molar-refractivity contribution is 7.09. The van der Waals surface area contributed by atoms with Gasteiger partial charge in [0.15, 0.2) is 0 Å². The second-order valence-electron chi connectivity index (χ2n) is 3.79. The summed E-state index contributed by atoms with van der Waals surface area (Å²) in [6.07, 6.45) is 1.04. The lowest BCUT2D eigenvalue weighted by Crippen LogP contribution is -2.35. The average molecular weight is 241 g/mol. The molecule has 0 saturated carbocycles. The average Bonchev–Trinajstić information content (AvgIpc) is 2.65. The smallest absolute Gasteiger partial charge is 0.234 e. The Morgan fingerprint density at radius 2 is 2.38 bits per heavy atom. The highest BCUT2D eigenvalue weighted by Gasteiger charge is 2.11. The van der Waals surface area contributed by atoms with Gasteiger partial charge in [0, 0.05) is 11.1 Å². The van der Waals surface area contributed by atoms with Gasteiger partial charge < -0.3 is 10.6 Å². The van der Waals surface area contributed by atoms with Crippen LogP contribution in [0.3, 0.4) is 0 Å². The van der Waals surface area contributed by atoms with Crippen molar-refractivity contribution in [1.29, 1.82) is 0 Å². The number of carbonyl (C=O) groups excluding carboxylic acids is 1. The van der Waals surface area contributed by atoms with Crippen LogP contribution in [-0.4, -0.2) is 24.0 Å².